The number of aliphatic imine (C=N–C) groups is 1. The summed E-state index contributed by atoms with van der Waals surface area (Å²) < 4.78 is 0. The number of hydrogen-bond donors (Lipinski definition) is 2. The molecule has 0 amide bonds. The minimum Gasteiger partial charge on any atom is -0.357 e. The SMILES string of the molecule is CCNC(=NCC(C)c1ccsc1)NC1CCN(C(C)C)CC1.I. The highest BCUT2D eigenvalue weighted by Gasteiger charge is 2.21. The molecule has 1 saturated heterocycles. The van der Waals surface area contributed by atoms with Crippen molar-refractivity contribution in [2.24, 2.45) is 4.99 Å². The van der Waals surface area contributed by atoms with E-state index in [4.69, 9.17) is 4.99 Å². The van der Waals surface area contributed by atoms with Crippen LogP contribution in [0.1, 0.15) is 52.0 Å². The van der Waals surface area contributed by atoms with Gasteiger partial charge in [0.1, 0.15) is 0 Å². The van der Waals surface area contributed by atoms with E-state index in [2.05, 4.69) is 60.1 Å². The maximum Gasteiger partial charge on any atom is 0.191 e. The number of nitrogens with one attached hydrogen (secondary N) is 2. The van der Waals surface area contributed by atoms with E-state index in [0.717, 1.165) is 19.0 Å². The van der Waals surface area contributed by atoms with Crippen molar-refractivity contribution in [1.29, 1.82) is 0 Å². The van der Waals surface area contributed by atoms with Crippen molar-refractivity contribution >= 4 is 41.3 Å². The molecule has 2 N–H and O–H groups in total. The fourth-order valence-corrected chi connectivity index (χ4v) is 3.74. The summed E-state index contributed by atoms with van der Waals surface area (Å²) in [4.78, 5) is 7.36. The Kier molecular flexibility index (Phi) is 10.2. The second-order valence-corrected chi connectivity index (χ2v) is 7.51. The van der Waals surface area contributed by atoms with Gasteiger partial charge in [-0.3, -0.25) is 4.99 Å². The van der Waals surface area contributed by atoms with Crippen molar-refractivity contribution in [2.75, 3.05) is 26.2 Å². The number of piperidine rings is 1. The third kappa shape index (κ3) is 6.88. The number of thiophene rings is 1. The zero-order valence-electron chi connectivity index (χ0n) is 15.4. The van der Waals surface area contributed by atoms with Gasteiger partial charge in [0.15, 0.2) is 5.96 Å². The number of hydrogen-bond acceptors (Lipinski definition) is 3. The van der Waals surface area contributed by atoms with Crippen LogP contribution in [-0.2, 0) is 0 Å². The van der Waals surface area contributed by atoms with Gasteiger partial charge in [-0.25, -0.2) is 0 Å². The Morgan fingerprint density at radius 3 is 2.58 bits per heavy atom. The summed E-state index contributed by atoms with van der Waals surface area (Å²) >= 11 is 1.76. The average molecular weight is 464 g/mol. The molecule has 1 aromatic heterocycles. The molecule has 2 heterocycles. The van der Waals surface area contributed by atoms with Crippen LogP contribution in [0.2, 0.25) is 0 Å². The van der Waals surface area contributed by atoms with Crippen LogP contribution in [0, 0.1) is 0 Å². The Labute approximate surface area is 168 Å². The average Bonchev–Trinajstić information content (AvgIpc) is 3.07. The zero-order chi connectivity index (χ0) is 16.7. The van der Waals surface area contributed by atoms with Gasteiger partial charge < -0.3 is 15.5 Å². The normalized spacial score (nSPS) is 18.3. The van der Waals surface area contributed by atoms with Gasteiger partial charge in [-0.05, 0) is 56.0 Å². The Morgan fingerprint density at radius 1 is 1.33 bits per heavy atom. The topological polar surface area (TPSA) is 39.7 Å². The fourth-order valence-electron chi connectivity index (χ4n) is 2.96. The van der Waals surface area contributed by atoms with Gasteiger partial charge in [-0.15, -0.1) is 24.0 Å². The lowest BCUT2D eigenvalue weighted by Crippen LogP contribution is -2.49. The molecule has 6 heteroatoms. The van der Waals surface area contributed by atoms with E-state index in [-0.39, 0.29) is 24.0 Å². The Hall–Kier alpha value is -0.340. The molecule has 1 aliphatic heterocycles. The molecule has 0 saturated carbocycles. The number of nitrogens with zero attached hydrogens (tertiary/aromatic N) is 2. The molecule has 4 nitrogen and oxygen atoms in total. The fraction of sp³-hybridized carbons (Fsp3) is 0.722. The van der Waals surface area contributed by atoms with Gasteiger partial charge >= 0.3 is 0 Å². The van der Waals surface area contributed by atoms with Crippen molar-refractivity contribution in [3.8, 4) is 0 Å². The van der Waals surface area contributed by atoms with E-state index < -0.39 is 0 Å². The second kappa shape index (κ2) is 11.3. The maximum atomic E-state index is 4.80. The van der Waals surface area contributed by atoms with Crippen LogP contribution in [0.25, 0.3) is 0 Å². The first-order valence-corrected chi connectivity index (χ1v) is 9.85. The molecule has 1 aromatic rings. The minimum absolute atomic E-state index is 0. The smallest absolute Gasteiger partial charge is 0.191 e. The molecule has 0 aromatic carbocycles. The first-order chi connectivity index (χ1) is 11.1. The first-order valence-electron chi connectivity index (χ1n) is 8.91. The molecule has 0 bridgehead atoms. The molecule has 138 valence electrons. The van der Waals surface area contributed by atoms with E-state index >= 15 is 0 Å². The summed E-state index contributed by atoms with van der Waals surface area (Å²) in [5.41, 5.74) is 1.39. The lowest BCUT2D eigenvalue weighted by molar-refractivity contribution is 0.167. The van der Waals surface area contributed by atoms with Crippen LogP contribution < -0.4 is 10.6 Å². The largest absolute Gasteiger partial charge is 0.357 e. The minimum atomic E-state index is 0. The quantitative estimate of drug-likeness (QED) is 0.381. The number of halogens is 1. The third-order valence-corrected chi connectivity index (χ3v) is 5.28. The van der Waals surface area contributed by atoms with Gasteiger partial charge in [0.2, 0.25) is 0 Å². The lowest BCUT2D eigenvalue weighted by atomic mass is 10.0. The second-order valence-electron chi connectivity index (χ2n) is 6.73. The number of guanidine groups is 1. The van der Waals surface area contributed by atoms with E-state index in [9.17, 15) is 0 Å². The van der Waals surface area contributed by atoms with Crippen LogP contribution in [0.15, 0.2) is 21.8 Å². The Morgan fingerprint density at radius 2 is 2.04 bits per heavy atom. The van der Waals surface area contributed by atoms with Crippen LogP contribution in [0.5, 0.6) is 0 Å². The van der Waals surface area contributed by atoms with Gasteiger partial charge in [0.05, 0.1) is 0 Å². The van der Waals surface area contributed by atoms with Crippen LogP contribution in [0.3, 0.4) is 0 Å². The standard InChI is InChI=1S/C18H32N4S.HI/c1-5-19-18(20-12-15(4)16-8-11-23-13-16)21-17-6-9-22(10-7-17)14(2)3;/h8,11,13-15,17H,5-7,9-10,12H2,1-4H3,(H2,19,20,21);1H. The van der Waals surface area contributed by atoms with E-state index in [0.29, 0.717) is 18.0 Å². The highest BCUT2D eigenvalue weighted by Crippen LogP contribution is 2.18. The zero-order valence-corrected chi connectivity index (χ0v) is 18.6. The Bertz CT molecular complexity index is 467. The van der Waals surface area contributed by atoms with Crippen LogP contribution in [0.4, 0.5) is 0 Å². The van der Waals surface area contributed by atoms with Crippen molar-refractivity contribution in [1.82, 2.24) is 15.5 Å². The Balaban J connectivity index is 0.00000288. The molecule has 1 aliphatic rings. The summed E-state index contributed by atoms with van der Waals surface area (Å²) in [7, 11) is 0. The molecular formula is C18H33IN4S. The van der Waals surface area contributed by atoms with E-state index in [1.165, 1.54) is 31.5 Å². The molecule has 1 atom stereocenters. The number of likely N-dealkylation sites (tertiary alicyclic amines) is 1. The van der Waals surface area contributed by atoms with Gasteiger partial charge in [0, 0.05) is 44.2 Å². The van der Waals surface area contributed by atoms with Crippen molar-refractivity contribution in [2.45, 2.75) is 58.5 Å². The summed E-state index contributed by atoms with van der Waals surface area (Å²) in [5, 5.41) is 11.4. The predicted molar refractivity (Wildman–Crippen MR) is 117 cm³/mol. The van der Waals surface area contributed by atoms with Crippen LogP contribution in [-0.4, -0.2) is 49.1 Å². The summed E-state index contributed by atoms with van der Waals surface area (Å²) in [5.74, 6) is 1.44. The molecule has 24 heavy (non-hydrogen) atoms. The maximum absolute atomic E-state index is 4.80. The van der Waals surface area contributed by atoms with Gasteiger partial charge in [0.25, 0.3) is 0 Å². The summed E-state index contributed by atoms with van der Waals surface area (Å²) in [6.07, 6.45) is 2.39. The predicted octanol–water partition coefficient (Wildman–Crippen LogP) is 3.90. The molecule has 1 unspecified atom stereocenters. The molecular weight excluding hydrogens is 431 g/mol. The highest BCUT2D eigenvalue weighted by atomic mass is 127. The highest BCUT2D eigenvalue weighted by molar-refractivity contribution is 14.0. The van der Waals surface area contributed by atoms with E-state index in [1.807, 2.05) is 0 Å². The third-order valence-electron chi connectivity index (χ3n) is 4.58. The lowest BCUT2D eigenvalue weighted by Gasteiger charge is -2.35. The van der Waals surface area contributed by atoms with Gasteiger partial charge in [-0.1, -0.05) is 6.92 Å². The van der Waals surface area contributed by atoms with Crippen molar-refractivity contribution in [3.63, 3.8) is 0 Å². The van der Waals surface area contributed by atoms with Crippen LogP contribution >= 0.6 is 35.3 Å². The molecule has 0 spiro atoms. The molecule has 0 aliphatic carbocycles. The first kappa shape index (κ1) is 21.7. The molecule has 0 radical (unpaired) electrons. The van der Waals surface area contributed by atoms with Crippen molar-refractivity contribution in [3.05, 3.63) is 22.4 Å². The molecule has 1 fully saturated rings. The van der Waals surface area contributed by atoms with Crippen molar-refractivity contribution < 1.29 is 0 Å². The van der Waals surface area contributed by atoms with E-state index in [1.54, 1.807) is 11.3 Å². The molecule has 2 rings (SSSR count). The number of rotatable bonds is 6. The van der Waals surface area contributed by atoms with Gasteiger partial charge in [-0.2, -0.15) is 11.3 Å². The summed E-state index contributed by atoms with van der Waals surface area (Å²) in [6, 6.07) is 3.40. The summed E-state index contributed by atoms with van der Waals surface area (Å²) in [6.45, 7) is 13.0. The monoisotopic (exact) mass is 464 g/mol.